The number of halogens is 3. The molecule has 0 spiro atoms. The van der Waals surface area contributed by atoms with Crippen LogP contribution in [-0.2, 0) is 17.8 Å². The lowest BCUT2D eigenvalue weighted by Gasteiger charge is -2.18. The summed E-state index contributed by atoms with van der Waals surface area (Å²) >= 11 is 6.23. The van der Waals surface area contributed by atoms with Crippen LogP contribution in [0.25, 0.3) is 5.69 Å². The number of anilines is 1. The van der Waals surface area contributed by atoms with Crippen LogP contribution < -0.4 is 20.5 Å². The molecule has 0 saturated carbocycles. The quantitative estimate of drug-likeness (QED) is 0.594. The van der Waals surface area contributed by atoms with Crippen LogP contribution >= 0.6 is 11.6 Å². The first kappa shape index (κ1) is 22.9. The molecule has 7 nitrogen and oxygen atoms in total. The van der Waals surface area contributed by atoms with Crippen molar-refractivity contribution in [2.24, 2.45) is 0 Å². The fourth-order valence-electron chi connectivity index (χ4n) is 3.80. The minimum atomic E-state index is -0.767. The molecule has 1 aliphatic rings. The summed E-state index contributed by atoms with van der Waals surface area (Å²) < 4.78 is 33.8. The van der Waals surface area contributed by atoms with Crippen molar-refractivity contribution >= 4 is 23.2 Å². The Kier molecular flexibility index (Phi) is 6.44. The van der Waals surface area contributed by atoms with Gasteiger partial charge in [0.1, 0.15) is 24.1 Å². The number of rotatable bonds is 6. The minimum Gasteiger partial charge on any atom is -0.471 e. The molecule has 0 unspecified atom stereocenters. The molecule has 33 heavy (non-hydrogen) atoms. The Bertz CT molecular complexity index is 1300. The van der Waals surface area contributed by atoms with E-state index in [2.05, 4.69) is 10.3 Å². The number of benzene rings is 2. The van der Waals surface area contributed by atoms with Gasteiger partial charge < -0.3 is 15.0 Å². The summed E-state index contributed by atoms with van der Waals surface area (Å²) in [5.41, 5.74) is 1.87. The predicted molar refractivity (Wildman–Crippen MR) is 120 cm³/mol. The van der Waals surface area contributed by atoms with Gasteiger partial charge in [0.15, 0.2) is 5.02 Å². The molecule has 1 amide bonds. The maximum atomic E-state index is 13.9. The van der Waals surface area contributed by atoms with E-state index in [1.165, 1.54) is 10.6 Å². The number of hydrogen-bond acceptors (Lipinski definition) is 5. The Labute approximate surface area is 193 Å². The summed E-state index contributed by atoms with van der Waals surface area (Å²) in [4.78, 5) is 31.3. The van der Waals surface area contributed by atoms with Crippen molar-refractivity contribution in [3.8, 4) is 11.6 Å². The van der Waals surface area contributed by atoms with E-state index in [-0.39, 0.29) is 35.5 Å². The highest BCUT2D eigenvalue weighted by atomic mass is 35.5. The molecule has 0 radical (unpaired) electrons. The van der Waals surface area contributed by atoms with Crippen LogP contribution in [0.5, 0.6) is 5.88 Å². The molecule has 0 bridgehead atoms. The number of carbonyl (C=O) groups is 1. The van der Waals surface area contributed by atoms with Crippen LogP contribution in [0.3, 0.4) is 0 Å². The van der Waals surface area contributed by atoms with Gasteiger partial charge in [0.25, 0.3) is 5.56 Å². The maximum Gasteiger partial charge on any atom is 0.280 e. The zero-order chi connectivity index (χ0) is 23.7. The van der Waals surface area contributed by atoms with E-state index in [0.29, 0.717) is 24.5 Å². The second kappa shape index (κ2) is 9.29. The number of fused-ring (bicyclic) bond motifs is 1. The molecule has 1 aromatic heterocycles. The number of amides is 1. The van der Waals surface area contributed by atoms with E-state index in [4.69, 9.17) is 16.3 Å². The smallest absolute Gasteiger partial charge is 0.280 e. The third kappa shape index (κ3) is 4.46. The van der Waals surface area contributed by atoms with Crippen molar-refractivity contribution in [3.63, 3.8) is 0 Å². The maximum absolute atomic E-state index is 13.9. The lowest BCUT2D eigenvalue weighted by molar-refractivity contribution is -0.117. The van der Waals surface area contributed by atoms with Crippen molar-refractivity contribution in [2.75, 3.05) is 25.0 Å². The third-order valence-corrected chi connectivity index (χ3v) is 5.71. The lowest BCUT2D eigenvalue weighted by atomic mass is 10.1. The van der Waals surface area contributed by atoms with Gasteiger partial charge in [-0.05, 0) is 56.3 Å². The Morgan fingerprint density at radius 2 is 2.03 bits per heavy atom. The first-order valence-electron chi connectivity index (χ1n) is 10.2. The van der Waals surface area contributed by atoms with Crippen molar-refractivity contribution in [1.29, 1.82) is 0 Å². The minimum absolute atomic E-state index is 0.0267. The zero-order valence-electron chi connectivity index (χ0n) is 18.0. The highest BCUT2D eigenvalue weighted by Crippen LogP contribution is 2.30. The molecule has 1 N–H and O–H groups in total. The Balaban J connectivity index is 1.62. The fourth-order valence-corrected chi connectivity index (χ4v) is 3.98. The molecule has 3 aromatic rings. The Hall–Kier alpha value is -3.30. The van der Waals surface area contributed by atoms with Crippen molar-refractivity contribution in [3.05, 3.63) is 80.4 Å². The number of likely N-dealkylation sites (N-methyl/N-ethyl adjacent to an activating group) is 1. The third-order valence-electron chi connectivity index (χ3n) is 5.39. The number of carbonyl (C=O) groups excluding carboxylic acids is 1. The van der Waals surface area contributed by atoms with E-state index in [1.807, 2.05) is 6.07 Å². The first-order valence-corrected chi connectivity index (χ1v) is 10.6. The van der Waals surface area contributed by atoms with Crippen molar-refractivity contribution in [2.45, 2.75) is 20.0 Å². The van der Waals surface area contributed by atoms with Crippen LogP contribution in [0.2, 0.25) is 5.02 Å². The van der Waals surface area contributed by atoms with Gasteiger partial charge >= 0.3 is 0 Å². The van der Waals surface area contributed by atoms with E-state index in [1.54, 1.807) is 31.0 Å². The summed E-state index contributed by atoms with van der Waals surface area (Å²) in [6.45, 7) is 2.16. The molecule has 0 aliphatic carbocycles. The normalized spacial score (nSPS) is 12.7. The van der Waals surface area contributed by atoms with Crippen LogP contribution in [0.15, 0.2) is 41.2 Å². The van der Waals surface area contributed by atoms with Gasteiger partial charge in [-0.15, -0.1) is 0 Å². The fraction of sp³-hybridized carbons (Fsp3) is 0.261. The summed E-state index contributed by atoms with van der Waals surface area (Å²) in [7, 11) is 1.72. The second-order valence-electron chi connectivity index (χ2n) is 7.58. The van der Waals surface area contributed by atoms with Crippen molar-refractivity contribution in [1.82, 2.24) is 14.9 Å². The molecule has 4 rings (SSSR count). The molecule has 2 aromatic carbocycles. The Morgan fingerprint density at radius 3 is 2.76 bits per heavy atom. The molecule has 10 heteroatoms. The van der Waals surface area contributed by atoms with Gasteiger partial charge in [0, 0.05) is 23.9 Å². The summed E-state index contributed by atoms with van der Waals surface area (Å²) in [6, 6.07) is 8.47. The standard InChI is InChI=1S/C23H21ClF2N4O3/c1-13-28-22(33-12-15-3-4-16(25)10-18(15)26)21(24)23(32)30(13)17-5-6-19-14(9-17)7-8-29(19)20(31)11-27-2/h3-6,9-10,27H,7-8,11-12H2,1-2H3. The number of hydrogen-bond donors (Lipinski definition) is 1. The first-order chi connectivity index (χ1) is 15.8. The summed E-state index contributed by atoms with van der Waals surface area (Å²) in [5, 5.41) is 2.60. The average Bonchev–Trinajstić information content (AvgIpc) is 3.20. The molecular weight excluding hydrogens is 454 g/mol. The van der Waals surface area contributed by atoms with Gasteiger partial charge in [0.2, 0.25) is 11.8 Å². The molecule has 0 saturated heterocycles. The van der Waals surface area contributed by atoms with E-state index >= 15 is 0 Å². The van der Waals surface area contributed by atoms with Crippen LogP contribution in [0.1, 0.15) is 17.0 Å². The molecule has 2 heterocycles. The van der Waals surface area contributed by atoms with Crippen molar-refractivity contribution < 1.29 is 18.3 Å². The second-order valence-corrected chi connectivity index (χ2v) is 7.96. The van der Waals surface area contributed by atoms with Gasteiger partial charge in [-0.25, -0.2) is 8.78 Å². The van der Waals surface area contributed by atoms with E-state index < -0.39 is 17.2 Å². The lowest BCUT2D eigenvalue weighted by Crippen LogP contribution is -2.35. The summed E-state index contributed by atoms with van der Waals surface area (Å²) in [6.07, 6.45) is 0.665. The number of ether oxygens (including phenoxy) is 1. The number of aryl methyl sites for hydroxylation is 1. The molecule has 1 aliphatic heterocycles. The monoisotopic (exact) mass is 474 g/mol. The van der Waals surface area contributed by atoms with Crippen LogP contribution in [0, 0.1) is 18.6 Å². The molecular formula is C23H21ClF2N4O3. The van der Waals surface area contributed by atoms with Gasteiger partial charge in [-0.2, -0.15) is 4.98 Å². The van der Waals surface area contributed by atoms with E-state index in [0.717, 1.165) is 23.4 Å². The Morgan fingerprint density at radius 1 is 1.24 bits per heavy atom. The largest absolute Gasteiger partial charge is 0.471 e. The van der Waals surface area contributed by atoms with E-state index in [9.17, 15) is 18.4 Å². The van der Waals surface area contributed by atoms with Gasteiger partial charge in [-0.1, -0.05) is 11.6 Å². The average molecular weight is 475 g/mol. The van der Waals surface area contributed by atoms with Gasteiger partial charge in [-0.3, -0.25) is 14.2 Å². The van der Waals surface area contributed by atoms with Gasteiger partial charge in [0.05, 0.1) is 12.2 Å². The zero-order valence-corrected chi connectivity index (χ0v) is 18.7. The molecule has 0 atom stereocenters. The number of nitrogens with zero attached hydrogens (tertiary/aromatic N) is 3. The molecule has 0 fully saturated rings. The van der Waals surface area contributed by atoms with Crippen LogP contribution in [-0.4, -0.2) is 35.6 Å². The highest BCUT2D eigenvalue weighted by Gasteiger charge is 2.25. The molecule has 172 valence electrons. The SMILES string of the molecule is CNCC(=O)N1CCc2cc(-n3c(C)nc(OCc4ccc(F)cc4F)c(Cl)c3=O)ccc21. The van der Waals surface area contributed by atoms with Crippen LogP contribution in [0.4, 0.5) is 14.5 Å². The predicted octanol–water partition coefficient (Wildman–Crippen LogP) is 3.16. The highest BCUT2D eigenvalue weighted by molar-refractivity contribution is 6.31. The summed E-state index contributed by atoms with van der Waals surface area (Å²) in [5.74, 6) is -1.31. The number of nitrogens with one attached hydrogen (secondary N) is 1. The topological polar surface area (TPSA) is 76.5 Å². The number of aromatic nitrogens is 2.